The maximum atomic E-state index is 12.2. The topological polar surface area (TPSA) is 98.7 Å². The smallest absolute Gasteiger partial charge is 0.274 e. The lowest BCUT2D eigenvalue weighted by Gasteiger charge is -2.08. The number of anilines is 2. The maximum absolute atomic E-state index is 12.2. The molecule has 0 unspecified atom stereocenters. The molecule has 3 rings (SSSR count). The predicted molar refractivity (Wildman–Crippen MR) is 78.0 cm³/mol. The van der Waals surface area contributed by atoms with E-state index >= 15 is 0 Å². The van der Waals surface area contributed by atoms with Crippen LogP contribution in [0.4, 0.5) is 11.4 Å². The number of nitrogens with one attached hydrogen (secondary N) is 1. The summed E-state index contributed by atoms with van der Waals surface area (Å²) in [6.07, 6.45) is 8.13. The van der Waals surface area contributed by atoms with Gasteiger partial charge in [-0.15, -0.1) is 0 Å². The van der Waals surface area contributed by atoms with Crippen molar-refractivity contribution in [2.24, 2.45) is 0 Å². The first-order valence-electron chi connectivity index (χ1n) is 6.19. The zero-order chi connectivity index (χ0) is 14.7. The molecule has 0 saturated carbocycles. The number of imidazole rings is 1. The van der Waals surface area contributed by atoms with E-state index in [9.17, 15) is 4.79 Å². The number of hydrogen-bond acceptors (Lipinski definition) is 5. The van der Waals surface area contributed by atoms with Gasteiger partial charge in [0.25, 0.3) is 5.91 Å². The van der Waals surface area contributed by atoms with Crippen LogP contribution in [0.15, 0.2) is 55.4 Å². The molecule has 104 valence electrons. The van der Waals surface area contributed by atoms with Crippen molar-refractivity contribution in [2.45, 2.75) is 0 Å². The van der Waals surface area contributed by atoms with E-state index in [1.54, 1.807) is 53.9 Å². The Morgan fingerprint density at radius 2 is 2.14 bits per heavy atom. The van der Waals surface area contributed by atoms with Gasteiger partial charge in [0, 0.05) is 30.3 Å². The number of rotatable bonds is 3. The Morgan fingerprint density at radius 1 is 1.24 bits per heavy atom. The Kier molecular flexibility index (Phi) is 3.30. The number of nitrogens with two attached hydrogens (primary N) is 1. The molecule has 0 aliphatic heterocycles. The second kappa shape index (κ2) is 5.41. The maximum Gasteiger partial charge on any atom is 0.274 e. The highest BCUT2D eigenvalue weighted by Gasteiger charge is 2.11. The molecule has 21 heavy (non-hydrogen) atoms. The minimum atomic E-state index is -0.350. The van der Waals surface area contributed by atoms with Crippen molar-refractivity contribution in [3.63, 3.8) is 0 Å². The SMILES string of the molecule is Nc1cc(C(=O)Nc2cccnc2)nc(-n2ccnc2)c1. The van der Waals surface area contributed by atoms with Crippen molar-refractivity contribution < 1.29 is 4.79 Å². The average Bonchev–Trinajstić information content (AvgIpc) is 3.02. The van der Waals surface area contributed by atoms with Crippen LogP contribution in [0.5, 0.6) is 0 Å². The molecule has 0 saturated heterocycles. The highest BCUT2D eigenvalue weighted by atomic mass is 16.1. The van der Waals surface area contributed by atoms with Gasteiger partial charge < -0.3 is 11.1 Å². The van der Waals surface area contributed by atoms with Crippen LogP contribution in [0, 0.1) is 0 Å². The fraction of sp³-hybridized carbons (Fsp3) is 0. The Hall–Kier alpha value is -3.22. The van der Waals surface area contributed by atoms with E-state index in [0.717, 1.165) is 0 Å². The summed E-state index contributed by atoms with van der Waals surface area (Å²) >= 11 is 0. The molecule has 3 aromatic heterocycles. The summed E-state index contributed by atoms with van der Waals surface area (Å²) in [6.45, 7) is 0. The summed E-state index contributed by atoms with van der Waals surface area (Å²) in [5.41, 5.74) is 7.10. The van der Waals surface area contributed by atoms with Gasteiger partial charge in [-0.2, -0.15) is 0 Å². The van der Waals surface area contributed by atoms with E-state index in [2.05, 4.69) is 20.3 Å². The monoisotopic (exact) mass is 280 g/mol. The third kappa shape index (κ3) is 2.86. The second-order valence-corrected chi connectivity index (χ2v) is 4.31. The van der Waals surface area contributed by atoms with Crippen LogP contribution in [0.3, 0.4) is 0 Å². The highest BCUT2D eigenvalue weighted by molar-refractivity contribution is 6.03. The molecule has 7 heteroatoms. The van der Waals surface area contributed by atoms with E-state index in [4.69, 9.17) is 5.73 Å². The molecule has 0 spiro atoms. The summed E-state index contributed by atoms with van der Waals surface area (Å²) in [5.74, 6) is 0.181. The first-order chi connectivity index (χ1) is 10.2. The lowest BCUT2D eigenvalue weighted by Crippen LogP contribution is -2.15. The van der Waals surface area contributed by atoms with Gasteiger partial charge in [-0.1, -0.05) is 0 Å². The zero-order valence-corrected chi connectivity index (χ0v) is 11.0. The molecule has 0 aliphatic carbocycles. The number of aromatic nitrogens is 4. The summed E-state index contributed by atoms with van der Waals surface area (Å²) in [6, 6.07) is 6.67. The third-order valence-corrected chi connectivity index (χ3v) is 2.76. The normalized spacial score (nSPS) is 10.3. The number of nitrogens with zero attached hydrogens (tertiary/aromatic N) is 4. The van der Waals surface area contributed by atoms with Gasteiger partial charge in [0.2, 0.25) is 0 Å². The van der Waals surface area contributed by atoms with E-state index in [-0.39, 0.29) is 11.6 Å². The summed E-state index contributed by atoms with van der Waals surface area (Å²) in [4.78, 5) is 24.4. The molecule has 3 aromatic rings. The number of hydrogen-bond donors (Lipinski definition) is 2. The lowest BCUT2D eigenvalue weighted by molar-refractivity contribution is 0.102. The van der Waals surface area contributed by atoms with Gasteiger partial charge in [0.15, 0.2) is 0 Å². The first kappa shape index (κ1) is 12.8. The van der Waals surface area contributed by atoms with E-state index in [0.29, 0.717) is 17.2 Å². The van der Waals surface area contributed by atoms with Gasteiger partial charge in [-0.3, -0.25) is 14.3 Å². The van der Waals surface area contributed by atoms with Crippen molar-refractivity contribution >= 4 is 17.3 Å². The minimum absolute atomic E-state index is 0.225. The molecule has 0 fully saturated rings. The van der Waals surface area contributed by atoms with E-state index < -0.39 is 0 Å². The fourth-order valence-corrected chi connectivity index (χ4v) is 1.81. The third-order valence-electron chi connectivity index (χ3n) is 2.76. The zero-order valence-electron chi connectivity index (χ0n) is 11.0. The van der Waals surface area contributed by atoms with Gasteiger partial charge in [0.1, 0.15) is 17.8 Å². The second-order valence-electron chi connectivity index (χ2n) is 4.31. The number of nitrogen functional groups attached to an aromatic ring is 1. The van der Waals surface area contributed by atoms with Gasteiger partial charge in [-0.05, 0) is 18.2 Å². The minimum Gasteiger partial charge on any atom is -0.399 e. The molecular formula is C14H12N6O. The quantitative estimate of drug-likeness (QED) is 0.757. The van der Waals surface area contributed by atoms with Crippen LogP contribution in [-0.4, -0.2) is 25.4 Å². The first-order valence-corrected chi connectivity index (χ1v) is 6.19. The molecule has 0 bridgehead atoms. The van der Waals surface area contributed by atoms with Gasteiger partial charge >= 0.3 is 0 Å². The van der Waals surface area contributed by atoms with Crippen molar-refractivity contribution in [3.05, 3.63) is 61.1 Å². The van der Waals surface area contributed by atoms with Crippen molar-refractivity contribution in [3.8, 4) is 5.82 Å². The van der Waals surface area contributed by atoms with Crippen LogP contribution < -0.4 is 11.1 Å². The molecule has 0 aromatic carbocycles. The summed E-state index contributed by atoms with van der Waals surface area (Å²) in [7, 11) is 0. The fourth-order valence-electron chi connectivity index (χ4n) is 1.81. The molecule has 0 aliphatic rings. The van der Waals surface area contributed by atoms with Crippen LogP contribution in [-0.2, 0) is 0 Å². The summed E-state index contributed by atoms with van der Waals surface area (Å²) < 4.78 is 1.68. The number of pyridine rings is 2. The Bertz CT molecular complexity index is 754. The summed E-state index contributed by atoms with van der Waals surface area (Å²) in [5, 5.41) is 2.71. The molecule has 0 radical (unpaired) electrons. The lowest BCUT2D eigenvalue weighted by atomic mass is 10.3. The number of amides is 1. The van der Waals surface area contributed by atoms with Crippen molar-refractivity contribution in [1.82, 2.24) is 19.5 Å². The van der Waals surface area contributed by atoms with Crippen LogP contribution in [0.2, 0.25) is 0 Å². The highest BCUT2D eigenvalue weighted by Crippen LogP contribution is 2.13. The molecule has 0 atom stereocenters. The molecule has 7 nitrogen and oxygen atoms in total. The van der Waals surface area contributed by atoms with Crippen LogP contribution in [0.1, 0.15) is 10.5 Å². The van der Waals surface area contributed by atoms with Crippen LogP contribution >= 0.6 is 0 Å². The predicted octanol–water partition coefficient (Wildman–Crippen LogP) is 1.50. The van der Waals surface area contributed by atoms with Crippen molar-refractivity contribution in [1.29, 1.82) is 0 Å². The van der Waals surface area contributed by atoms with Gasteiger partial charge in [-0.25, -0.2) is 9.97 Å². The number of carbonyl (C=O) groups excluding carboxylic acids is 1. The van der Waals surface area contributed by atoms with Crippen LogP contribution in [0.25, 0.3) is 5.82 Å². The van der Waals surface area contributed by atoms with Crippen molar-refractivity contribution in [2.75, 3.05) is 11.1 Å². The molecule has 1 amide bonds. The Labute approximate surface area is 120 Å². The Morgan fingerprint density at radius 3 is 2.86 bits per heavy atom. The standard InChI is InChI=1S/C14H12N6O/c15-10-6-12(14(21)18-11-2-1-3-16-8-11)19-13(7-10)20-5-4-17-9-20/h1-9H,(H2,15,19)(H,18,21). The molecule has 3 N–H and O–H groups in total. The molecular weight excluding hydrogens is 268 g/mol. The number of carbonyl (C=O) groups is 1. The largest absolute Gasteiger partial charge is 0.399 e. The average molecular weight is 280 g/mol. The Balaban J connectivity index is 1.90. The van der Waals surface area contributed by atoms with Gasteiger partial charge in [0.05, 0.1) is 11.9 Å². The molecule has 3 heterocycles. The van der Waals surface area contributed by atoms with E-state index in [1.165, 1.54) is 6.07 Å². The van der Waals surface area contributed by atoms with E-state index in [1.807, 2.05) is 0 Å².